The standard InChI is InChI=1S/C20H15Cl2F3N2O4/c1-11-4-12(2-3-13(11)9-26-30-10-18(28)29)17-8-19(31-27-17,20(23,24)25)14-5-15(21)7-16(22)6-14/h2-9,27H,10H2,1H3,(H,28,29). The third-order valence-corrected chi connectivity index (χ3v) is 4.85. The molecule has 0 saturated heterocycles. The summed E-state index contributed by atoms with van der Waals surface area (Å²) in [6.45, 7) is 1.13. The van der Waals surface area contributed by atoms with Crippen molar-refractivity contribution in [1.29, 1.82) is 0 Å². The number of hydroxylamine groups is 1. The lowest BCUT2D eigenvalue weighted by molar-refractivity contribution is -0.269. The summed E-state index contributed by atoms with van der Waals surface area (Å²) >= 11 is 11.8. The number of aryl methyl sites for hydroxylation is 1. The van der Waals surface area contributed by atoms with Crippen LogP contribution in [0.1, 0.15) is 22.3 Å². The molecule has 1 aliphatic rings. The highest BCUT2D eigenvalue weighted by molar-refractivity contribution is 6.34. The number of carboxylic acids is 1. The predicted octanol–water partition coefficient (Wildman–Crippen LogP) is 5.07. The normalized spacial score (nSPS) is 18.7. The van der Waals surface area contributed by atoms with Gasteiger partial charge in [-0.15, -0.1) is 0 Å². The van der Waals surface area contributed by atoms with Gasteiger partial charge in [-0.1, -0.05) is 40.5 Å². The molecule has 164 valence electrons. The molecule has 0 radical (unpaired) electrons. The number of aliphatic carboxylic acids is 1. The van der Waals surface area contributed by atoms with E-state index in [0.717, 1.165) is 18.2 Å². The molecule has 0 aromatic heterocycles. The lowest BCUT2D eigenvalue weighted by atomic mass is 9.91. The van der Waals surface area contributed by atoms with Gasteiger partial charge in [0, 0.05) is 15.6 Å². The number of nitrogens with one attached hydrogen (secondary N) is 1. The number of benzene rings is 2. The number of hydrogen-bond donors (Lipinski definition) is 2. The van der Waals surface area contributed by atoms with Crippen molar-refractivity contribution >= 4 is 41.1 Å². The van der Waals surface area contributed by atoms with Crippen molar-refractivity contribution < 1.29 is 32.7 Å². The van der Waals surface area contributed by atoms with Crippen LogP contribution < -0.4 is 5.48 Å². The van der Waals surface area contributed by atoms with Crippen LogP contribution in [0.3, 0.4) is 0 Å². The molecule has 2 aromatic carbocycles. The zero-order valence-corrected chi connectivity index (χ0v) is 17.3. The molecule has 0 saturated carbocycles. The van der Waals surface area contributed by atoms with Gasteiger partial charge in [0.15, 0.2) is 0 Å². The maximum Gasteiger partial charge on any atom is 0.428 e. The van der Waals surface area contributed by atoms with Gasteiger partial charge in [0.05, 0.1) is 11.9 Å². The third-order valence-electron chi connectivity index (χ3n) is 4.42. The predicted molar refractivity (Wildman–Crippen MR) is 109 cm³/mol. The molecule has 0 aliphatic carbocycles. The van der Waals surface area contributed by atoms with Crippen LogP contribution in [0.4, 0.5) is 13.2 Å². The number of rotatable bonds is 6. The van der Waals surface area contributed by atoms with Gasteiger partial charge >= 0.3 is 12.1 Å². The van der Waals surface area contributed by atoms with Gasteiger partial charge in [-0.2, -0.15) is 13.2 Å². The molecule has 0 fully saturated rings. The van der Waals surface area contributed by atoms with Crippen molar-refractivity contribution in [3.63, 3.8) is 0 Å². The molecule has 0 bridgehead atoms. The number of nitrogens with zero attached hydrogens (tertiary/aromatic N) is 1. The molecule has 1 atom stereocenters. The number of carbonyl (C=O) groups is 1. The van der Waals surface area contributed by atoms with Gasteiger partial charge < -0.3 is 9.94 Å². The van der Waals surface area contributed by atoms with Gasteiger partial charge in [-0.25, -0.2) is 4.79 Å². The summed E-state index contributed by atoms with van der Waals surface area (Å²) < 4.78 is 42.2. The molecule has 3 rings (SSSR count). The largest absolute Gasteiger partial charge is 0.479 e. The van der Waals surface area contributed by atoms with Gasteiger partial charge in [0.2, 0.25) is 12.2 Å². The summed E-state index contributed by atoms with van der Waals surface area (Å²) in [7, 11) is 0. The fourth-order valence-electron chi connectivity index (χ4n) is 2.93. The van der Waals surface area contributed by atoms with Gasteiger partial charge in [-0.3, -0.25) is 10.3 Å². The lowest BCUT2D eigenvalue weighted by Crippen LogP contribution is -2.42. The molecule has 2 N–H and O–H groups in total. The maximum atomic E-state index is 14.1. The first-order valence-corrected chi connectivity index (χ1v) is 9.46. The third kappa shape index (κ3) is 4.95. The van der Waals surface area contributed by atoms with E-state index in [1.54, 1.807) is 25.1 Å². The zero-order valence-electron chi connectivity index (χ0n) is 15.8. The van der Waals surface area contributed by atoms with Crippen LogP contribution in [0.2, 0.25) is 10.0 Å². The van der Waals surface area contributed by atoms with E-state index in [-0.39, 0.29) is 21.3 Å². The van der Waals surface area contributed by atoms with Crippen LogP contribution in [0, 0.1) is 6.92 Å². The second-order valence-electron chi connectivity index (χ2n) is 6.63. The minimum absolute atomic E-state index is 0.0428. The van der Waals surface area contributed by atoms with Crippen LogP contribution in [-0.4, -0.2) is 30.1 Å². The van der Waals surface area contributed by atoms with Crippen molar-refractivity contribution in [3.05, 3.63) is 74.8 Å². The van der Waals surface area contributed by atoms with E-state index in [0.29, 0.717) is 16.7 Å². The number of halogens is 5. The highest BCUT2D eigenvalue weighted by Crippen LogP contribution is 2.48. The Labute approximate surface area is 184 Å². The summed E-state index contributed by atoms with van der Waals surface area (Å²) in [6.07, 6.45) is -2.57. The van der Waals surface area contributed by atoms with E-state index in [1.807, 2.05) is 0 Å². The molecule has 31 heavy (non-hydrogen) atoms. The average Bonchev–Trinajstić information content (AvgIpc) is 3.12. The molecule has 1 heterocycles. The summed E-state index contributed by atoms with van der Waals surface area (Å²) in [5.41, 5.74) is 1.09. The highest BCUT2D eigenvalue weighted by Gasteiger charge is 2.59. The SMILES string of the molecule is Cc1cc(C2=CC(c3cc(Cl)cc(Cl)c3)(C(F)(F)F)ON2)ccc1C=NOCC(=O)O. The molecular weight excluding hydrogens is 460 g/mol. The van der Waals surface area contributed by atoms with E-state index in [9.17, 15) is 18.0 Å². The first-order valence-electron chi connectivity index (χ1n) is 8.70. The number of carboxylic acid groups (broad SMARTS) is 1. The lowest BCUT2D eigenvalue weighted by Gasteiger charge is -2.28. The molecule has 1 unspecified atom stereocenters. The maximum absolute atomic E-state index is 14.1. The Morgan fingerprint density at radius 1 is 1.26 bits per heavy atom. The van der Waals surface area contributed by atoms with Crippen molar-refractivity contribution in [3.8, 4) is 0 Å². The summed E-state index contributed by atoms with van der Waals surface area (Å²) in [5.74, 6) is -1.17. The van der Waals surface area contributed by atoms with Crippen LogP contribution in [0.15, 0.2) is 47.6 Å². The highest BCUT2D eigenvalue weighted by atomic mass is 35.5. The smallest absolute Gasteiger partial charge is 0.428 e. The van der Waals surface area contributed by atoms with E-state index in [4.69, 9.17) is 33.1 Å². The summed E-state index contributed by atoms with van der Waals surface area (Å²) in [6, 6.07) is 8.40. The van der Waals surface area contributed by atoms with Crippen LogP contribution in [0.5, 0.6) is 0 Å². The Hall–Kier alpha value is -2.75. The average molecular weight is 475 g/mol. The number of hydrogen-bond acceptors (Lipinski definition) is 5. The van der Waals surface area contributed by atoms with Crippen LogP contribution >= 0.6 is 23.2 Å². The van der Waals surface area contributed by atoms with E-state index >= 15 is 0 Å². The first-order chi connectivity index (χ1) is 14.5. The monoisotopic (exact) mass is 474 g/mol. The van der Waals surface area contributed by atoms with E-state index in [2.05, 4.69) is 15.5 Å². The molecule has 0 spiro atoms. The Morgan fingerprint density at radius 3 is 2.52 bits per heavy atom. The molecule has 1 aliphatic heterocycles. The Bertz CT molecular complexity index is 1050. The minimum Gasteiger partial charge on any atom is -0.479 e. The quantitative estimate of drug-likeness (QED) is 0.451. The second-order valence-corrected chi connectivity index (χ2v) is 7.50. The Kier molecular flexibility index (Phi) is 6.49. The second kappa shape index (κ2) is 8.78. The molecule has 0 amide bonds. The van der Waals surface area contributed by atoms with Crippen molar-refractivity contribution in [2.45, 2.75) is 18.7 Å². The van der Waals surface area contributed by atoms with Gasteiger partial charge in [0.25, 0.3) is 0 Å². The summed E-state index contributed by atoms with van der Waals surface area (Å²) in [5, 5.41) is 12.1. The van der Waals surface area contributed by atoms with Crippen LogP contribution in [-0.2, 0) is 20.1 Å². The van der Waals surface area contributed by atoms with Gasteiger partial charge in [-0.05, 0) is 54.0 Å². The van der Waals surface area contributed by atoms with Crippen molar-refractivity contribution in [1.82, 2.24) is 5.48 Å². The van der Waals surface area contributed by atoms with Crippen molar-refractivity contribution in [2.24, 2.45) is 5.16 Å². The summed E-state index contributed by atoms with van der Waals surface area (Å²) in [4.78, 5) is 20.1. The van der Waals surface area contributed by atoms with Crippen LogP contribution in [0.25, 0.3) is 5.70 Å². The molecule has 11 heteroatoms. The molecule has 2 aromatic rings. The van der Waals surface area contributed by atoms with E-state index < -0.39 is 24.4 Å². The first kappa shape index (κ1) is 22.9. The topological polar surface area (TPSA) is 80.1 Å². The molecule has 6 nitrogen and oxygen atoms in total. The van der Waals surface area contributed by atoms with E-state index in [1.165, 1.54) is 12.3 Å². The zero-order chi connectivity index (χ0) is 22.8. The number of alkyl halides is 3. The van der Waals surface area contributed by atoms with Crippen molar-refractivity contribution in [2.75, 3.05) is 6.61 Å². The molecular formula is C20H15Cl2F3N2O4. The Morgan fingerprint density at radius 2 is 1.94 bits per heavy atom. The minimum atomic E-state index is -4.81. The number of oxime groups is 1. The fraction of sp³-hybridized carbons (Fsp3) is 0.200. The van der Waals surface area contributed by atoms with Gasteiger partial charge in [0.1, 0.15) is 0 Å². The fourth-order valence-corrected chi connectivity index (χ4v) is 3.45. The Balaban J connectivity index is 1.94.